The molecule has 2 heterocycles. The number of amides is 1. The van der Waals surface area contributed by atoms with Gasteiger partial charge in [-0.15, -0.1) is 0 Å². The molecule has 8 nitrogen and oxygen atoms in total. The Morgan fingerprint density at radius 1 is 1.60 bits per heavy atom. The molecule has 1 unspecified atom stereocenters. The Balaban J connectivity index is 2.26. The monoisotopic (exact) mass is 321 g/mol. The fourth-order valence-electron chi connectivity index (χ4n) is 1.92. The van der Waals surface area contributed by atoms with Crippen LogP contribution in [0.3, 0.4) is 0 Å². The Morgan fingerprint density at radius 3 is 2.95 bits per heavy atom. The Morgan fingerprint density at radius 2 is 2.30 bits per heavy atom. The van der Waals surface area contributed by atoms with E-state index in [1.54, 1.807) is 0 Å². The first-order chi connectivity index (χ1) is 9.28. The second kappa shape index (κ2) is 5.51. The number of anilines is 1. The summed E-state index contributed by atoms with van der Waals surface area (Å²) in [6, 6.07) is -0.533. The molecule has 1 fully saturated rings. The molecule has 2 rings (SSSR count). The quantitative estimate of drug-likeness (QED) is 0.627. The molecule has 0 bridgehead atoms. The molecule has 110 valence electrons. The average Bonchev–Trinajstić information content (AvgIpc) is 2.70. The van der Waals surface area contributed by atoms with Crippen LogP contribution in [0, 0.1) is 0 Å². The number of rotatable bonds is 4. The number of aromatic hydroxyl groups is 1. The third-order valence-corrected chi connectivity index (χ3v) is 3.49. The summed E-state index contributed by atoms with van der Waals surface area (Å²) in [5, 5.41) is 9.60. The molecule has 20 heavy (non-hydrogen) atoms. The van der Waals surface area contributed by atoms with Gasteiger partial charge in [-0.3, -0.25) is 13.9 Å². The van der Waals surface area contributed by atoms with Crippen molar-refractivity contribution in [3.05, 3.63) is 11.5 Å². The molecule has 1 aromatic rings. The maximum absolute atomic E-state index is 11.9. The first-order valence-electron chi connectivity index (χ1n) is 5.66. The average molecular weight is 322 g/mol. The summed E-state index contributed by atoms with van der Waals surface area (Å²) >= 11 is 5.64. The molecule has 0 aliphatic carbocycles. The van der Waals surface area contributed by atoms with Gasteiger partial charge in [-0.2, -0.15) is 13.4 Å². The van der Waals surface area contributed by atoms with Crippen molar-refractivity contribution in [2.75, 3.05) is 17.8 Å². The normalized spacial score (nSPS) is 19.6. The largest absolute Gasteiger partial charge is 0.503 e. The number of carbonyl (C=O) groups is 1. The fourth-order valence-corrected chi connectivity index (χ4v) is 2.45. The molecule has 1 saturated heterocycles. The van der Waals surface area contributed by atoms with Gasteiger partial charge in [-0.25, -0.2) is 4.98 Å². The Kier molecular flexibility index (Phi) is 4.11. The van der Waals surface area contributed by atoms with Crippen LogP contribution >= 0.6 is 11.6 Å². The highest BCUT2D eigenvalue weighted by molar-refractivity contribution is 7.85. The zero-order valence-electron chi connectivity index (χ0n) is 10.5. The maximum atomic E-state index is 11.9. The molecule has 0 aromatic carbocycles. The summed E-state index contributed by atoms with van der Waals surface area (Å²) < 4.78 is 26.7. The van der Waals surface area contributed by atoms with Crippen molar-refractivity contribution in [2.24, 2.45) is 0 Å². The number of carbonyl (C=O) groups excluding carboxylic acids is 1. The van der Waals surface area contributed by atoms with Gasteiger partial charge in [0.25, 0.3) is 10.1 Å². The minimum absolute atomic E-state index is 0.0467. The smallest absolute Gasteiger partial charge is 0.264 e. The van der Waals surface area contributed by atoms with E-state index in [0.29, 0.717) is 6.42 Å². The predicted molar refractivity (Wildman–Crippen MR) is 70.0 cm³/mol. The summed E-state index contributed by atoms with van der Waals surface area (Å²) in [6.07, 6.45) is 2.60. The number of nitrogens with zero attached hydrogens (tertiary/aromatic N) is 3. The van der Waals surface area contributed by atoms with E-state index in [4.69, 9.17) is 15.8 Å². The third-order valence-electron chi connectivity index (χ3n) is 2.75. The van der Waals surface area contributed by atoms with Gasteiger partial charge in [0.15, 0.2) is 11.6 Å². The van der Waals surface area contributed by atoms with Crippen LogP contribution in [0.4, 0.5) is 5.82 Å². The van der Waals surface area contributed by atoms with E-state index in [1.165, 1.54) is 4.90 Å². The first kappa shape index (κ1) is 14.9. The molecule has 1 N–H and O–H groups in total. The highest BCUT2D eigenvalue weighted by Gasteiger charge is 2.35. The van der Waals surface area contributed by atoms with Gasteiger partial charge in [-0.05, 0) is 18.0 Å². The van der Waals surface area contributed by atoms with Crippen molar-refractivity contribution in [3.63, 3.8) is 0 Å². The van der Waals surface area contributed by atoms with Gasteiger partial charge < -0.3 is 5.11 Å². The lowest BCUT2D eigenvalue weighted by molar-refractivity contribution is -0.117. The summed E-state index contributed by atoms with van der Waals surface area (Å²) in [4.78, 5) is 20.5. The van der Waals surface area contributed by atoms with E-state index >= 15 is 0 Å². The topological polar surface area (TPSA) is 110 Å². The van der Waals surface area contributed by atoms with Crippen molar-refractivity contribution in [3.8, 4) is 5.75 Å². The van der Waals surface area contributed by atoms with Crippen molar-refractivity contribution in [2.45, 2.75) is 18.9 Å². The number of hydrogen-bond acceptors (Lipinski definition) is 7. The predicted octanol–water partition coefficient (Wildman–Crippen LogP) is 0.307. The van der Waals surface area contributed by atoms with Gasteiger partial charge in [0.1, 0.15) is 0 Å². The molecule has 0 saturated carbocycles. The van der Waals surface area contributed by atoms with E-state index in [1.807, 2.05) is 0 Å². The van der Waals surface area contributed by atoms with E-state index in [0.717, 1.165) is 12.5 Å². The van der Waals surface area contributed by atoms with Gasteiger partial charge >= 0.3 is 0 Å². The standard InChI is InChI=1S/C10H12ClN3O5S/c1-20(17,18)19-5-6-2-3-8(16)14(6)9-7(15)4-12-10(11)13-9/h4,6,15H,2-3,5H2,1H3. The van der Waals surface area contributed by atoms with Crippen molar-refractivity contribution < 1.29 is 22.5 Å². The molecule has 1 aliphatic rings. The molecular formula is C10H12ClN3O5S. The lowest BCUT2D eigenvalue weighted by atomic mass is 10.2. The Bertz CT molecular complexity index is 636. The first-order valence-corrected chi connectivity index (χ1v) is 7.85. The van der Waals surface area contributed by atoms with Gasteiger partial charge in [-0.1, -0.05) is 0 Å². The summed E-state index contributed by atoms with van der Waals surface area (Å²) in [5.74, 6) is -0.652. The summed E-state index contributed by atoms with van der Waals surface area (Å²) in [5.41, 5.74) is 0. The zero-order valence-corrected chi connectivity index (χ0v) is 12.1. The lowest BCUT2D eigenvalue weighted by Crippen LogP contribution is -2.37. The zero-order chi connectivity index (χ0) is 14.9. The molecule has 1 aromatic heterocycles. The Hall–Kier alpha value is -1.45. The van der Waals surface area contributed by atoms with Crippen LogP contribution in [0.2, 0.25) is 5.28 Å². The van der Waals surface area contributed by atoms with E-state index in [-0.39, 0.29) is 35.8 Å². The molecule has 10 heteroatoms. The van der Waals surface area contributed by atoms with Crippen LogP contribution in [0.15, 0.2) is 6.20 Å². The van der Waals surface area contributed by atoms with E-state index in [2.05, 4.69) is 9.97 Å². The van der Waals surface area contributed by atoms with Crippen molar-refractivity contribution in [1.82, 2.24) is 9.97 Å². The highest BCUT2D eigenvalue weighted by atomic mass is 35.5. The van der Waals surface area contributed by atoms with E-state index in [9.17, 15) is 18.3 Å². The third kappa shape index (κ3) is 3.35. The minimum atomic E-state index is -3.61. The summed E-state index contributed by atoms with van der Waals surface area (Å²) in [6.45, 7) is -0.203. The Labute approximate surface area is 120 Å². The molecular weight excluding hydrogens is 310 g/mol. The van der Waals surface area contributed by atoms with E-state index < -0.39 is 16.2 Å². The van der Waals surface area contributed by atoms with Gasteiger partial charge in [0.2, 0.25) is 11.2 Å². The molecule has 1 atom stereocenters. The molecule has 1 amide bonds. The van der Waals surface area contributed by atoms with Crippen LogP contribution in [-0.4, -0.2) is 48.3 Å². The van der Waals surface area contributed by atoms with Crippen LogP contribution in [-0.2, 0) is 19.1 Å². The SMILES string of the molecule is CS(=O)(=O)OCC1CCC(=O)N1c1nc(Cl)ncc1O. The number of aromatic nitrogens is 2. The molecule has 0 spiro atoms. The second-order valence-electron chi connectivity index (χ2n) is 4.29. The van der Waals surface area contributed by atoms with Crippen LogP contribution in [0.1, 0.15) is 12.8 Å². The molecule has 1 aliphatic heterocycles. The van der Waals surface area contributed by atoms with Gasteiger partial charge in [0, 0.05) is 6.42 Å². The number of halogens is 1. The lowest BCUT2D eigenvalue weighted by Gasteiger charge is -2.23. The number of hydrogen-bond donors (Lipinski definition) is 1. The fraction of sp³-hybridized carbons (Fsp3) is 0.500. The van der Waals surface area contributed by atoms with Crippen molar-refractivity contribution in [1.29, 1.82) is 0 Å². The summed E-state index contributed by atoms with van der Waals surface area (Å²) in [7, 11) is -3.61. The maximum Gasteiger partial charge on any atom is 0.264 e. The molecule has 0 radical (unpaired) electrons. The highest BCUT2D eigenvalue weighted by Crippen LogP contribution is 2.32. The second-order valence-corrected chi connectivity index (χ2v) is 6.27. The van der Waals surface area contributed by atoms with Crippen LogP contribution in [0.5, 0.6) is 5.75 Å². The minimum Gasteiger partial charge on any atom is -0.503 e. The van der Waals surface area contributed by atoms with Gasteiger partial charge in [0.05, 0.1) is 25.1 Å². The van der Waals surface area contributed by atoms with Crippen molar-refractivity contribution >= 4 is 33.4 Å². The van der Waals surface area contributed by atoms with Crippen LogP contribution in [0.25, 0.3) is 0 Å². The van der Waals surface area contributed by atoms with Crippen LogP contribution < -0.4 is 4.90 Å².